The summed E-state index contributed by atoms with van der Waals surface area (Å²) in [4.78, 5) is 24.8. The van der Waals surface area contributed by atoms with Crippen molar-refractivity contribution in [3.05, 3.63) is 55.9 Å². The van der Waals surface area contributed by atoms with Crippen LogP contribution in [0.2, 0.25) is 0 Å². The summed E-state index contributed by atoms with van der Waals surface area (Å²) in [5.41, 5.74) is 2.80. The second kappa shape index (κ2) is 6.62. The van der Waals surface area contributed by atoms with Gasteiger partial charge in [0.25, 0.3) is 0 Å². The topological polar surface area (TPSA) is 43.4 Å². The Morgan fingerprint density at radius 2 is 1.61 bits per heavy atom. The van der Waals surface area contributed by atoms with E-state index in [1.807, 2.05) is 51.1 Å². The Labute approximate surface area is 146 Å². The third kappa shape index (κ3) is 2.90. The van der Waals surface area contributed by atoms with Crippen molar-refractivity contribution in [1.82, 2.24) is 0 Å². The molecule has 0 aliphatic heterocycles. The van der Waals surface area contributed by atoms with E-state index < -0.39 is 0 Å². The molecule has 3 aromatic rings. The van der Waals surface area contributed by atoms with E-state index in [0.717, 1.165) is 31.0 Å². The summed E-state index contributed by atoms with van der Waals surface area (Å²) in [5.74, 6) is -0.0716. The molecule has 0 radical (unpaired) electrons. The van der Waals surface area contributed by atoms with Gasteiger partial charge in [-0.3, -0.25) is 0 Å². The summed E-state index contributed by atoms with van der Waals surface area (Å²) in [7, 11) is 0. The van der Waals surface area contributed by atoms with Crippen molar-refractivity contribution in [2.24, 2.45) is 0 Å². The molecular weight excluding hydrogens is 422 g/mol. The van der Waals surface area contributed by atoms with Crippen molar-refractivity contribution in [2.45, 2.75) is 20.8 Å². The Balaban J connectivity index is 2.07. The zero-order valence-corrected chi connectivity index (χ0v) is 16.6. The first-order valence-corrected chi connectivity index (χ1v) is 10.8. The first-order valence-electron chi connectivity index (χ1n) is 7.34. The summed E-state index contributed by atoms with van der Waals surface area (Å²) in [6.07, 6.45) is 0. The van der Waals surface area contributed by atoms with Crippen LogP contribution in [-0.2, 0) is 4.74 Å². The van der Waals surface area contributed by atoms with Gasteiger partial charge in [0, 0.05) is 0 Å². The summed E-state index contributed by atoms with van der Waals surface area (Å²) < 4.78 is 8.20. The molecule has 2 heterocycles. The monoisotopic (exact) mass is 440 g/mol. The minimum absolute atomic E-state index is 0.00829. The van der Waals surface area contributed by atoms with Crippen LogP contribution in [0.4, 0.5) is 0 Å². The van der Waals surface area contributed by atoms with E-state index in [4.69, 9.17) is 4.74 Å². The molecule has 0 amide bonds. The van der Waals surface area contributed by atoms with Crippen molar-refractivity contribution >= 4 is 49.3 Å². The zero-order chi connectivity index (χ0) is 16.6. The number of carbonyl (C=O) groups is 2. The van der Waals surface area contributed by atoms with E-state index in [1.165, 1.54) is 3.13 Å². The standard InChI is InChI=1S/C18H16O3Se2/c1-4-21-17(20)16-11(3)13-10(2)15(22-18(13)23-16)14(19)12-8-6-5-7-9-12/h5-9H,4H2,1-3H3. The molecule has 1 aromatic carbocycles. The first kappa shape index (κ1) is 16.5. The molecule has 118 valence electrons. The molecule has 0 unspecified atom stereocenters. The van der Waals surface area contributed by atoms with E-state index in [-0.39, 0.29) is 40.8 Å². The van der Waals surface area contributed by atoms with E-state index in [9.17, 15) is 9.59 Å². The van der Waals surface area contributed by atoms with E-state index in [2.05, 4.69) is 0 Å². The maximum atomic E-state index is 12.7. The van der Waals surface area contributed by atoms with Gasteiger partial charge >= 0.3 is 147 Å². The molecule has 2 aromatic heterocycles. The van der Waals surface area contributed by atoms with Crippen molar-refractivity contribution < 1.29 is 14.3 Å². The Bertz CT molecular complexity index is 888. The van der Waals surface area contributed by atoms with Crippen LogP contribution < -0.4 is 0 Å². The Morgan fingerprint density at radius 3 is 2.22 bits per heavy atom. The van der Waals surface area contributed by atoms with Crippen LogP contribution in [-0.4, -0.2) is 47.4 Å². The van der Waals surface area contributed by atoms with E-state index in [0.29, 0.717) is 6.61 Å². The van der Waals surface area contributed by atoms with Crippen molar-refractivity contribution in [3.63, 3.8) is 0 Å². The quantitative estimate of drug-likeness (QED) is 0.358. The Morgan fingerprint density at radius 1 is 1.00 bits per heavy atom. The molecule has 0 aliphatic rings. The fourth-order valence-electron chi connectivity index (χ4n) is 2.60. The minimum atomic E-state index is -0.195. The number of ether oxygens (including phenoxy) is 1. The summed E-state index contributed by atoms with van der Waals surface area (Å²) in [6.45, 7) is 6.20. The molecule has 3 rings (SSSR count). The van der Waals surface area contributed by atoms with Gasteiger partial charge in [0.05, 0.1) is 0 Å². The van der Waals surface area contributed by atoms with Gasteiger partial charge in [-0.25, -0.2) is 0 Å². The fourth-order valence-corrected chi connectivity index (χ4v) is 9.27. The van der Waals surface area contributed by atoms with Gasteiger partial charge in [0.1, 0.15) is 0 Å². The number of fused-ring (bicyclic) bond motifs is 1. The second-order valence-electron chi connectivity index (χ2n) is 5.19. The molecule has 0 saturated carbocycles. The predicted molar refractivity (Wildman–Crippen MR) is 93.1 cm³/mol. The van der Waals surface area contributed by atoms with Crippen LogP contribution in [0, 0.1) is 13.8 Å². The SMILES string of the molecule is CCOC(=O)c1[se]c2[se]c(C(=O)c3ccccc3)c(C)c2c1C. The Kier molecular flexibility index (Phi) is 4.74. The van der Waals surface area contributed by atoms with Gasteiger partial charge in [-0.2, -0.15) is 0 Å². The number of hydrogen-bond acceptors (Lipinski definition) is 3. The summed E-state index contributed by atoms with van der Waals surface area (Å²) in [5, 5.41) is 1.15. The number of esters is 1. The molecule has 0 bridgehead atoms. The van der Waals surface area contributed by atoms with Crippen molar-refractivity contribution in [3.8, 4) is 0 Å². The normalized spacial score (nSPS) is 10.9. The summed E-state index contributed by atoms with van der Waals surface area (Å²) in [6, 6.07) is 9.41. The molecule has 3 nitrogen and oxygen atoms in total. The number of carbonyl (C=O) groups excluding carboxylic acids is 2. The number of rotatable bonds is 4. The third-order valence-electron chi connectivity index (χ3n) is 3.73. The fraction of sp³-hybridized carbons (Fsp3) is 0.222. The molecule has 5 heteroatoms. The van der Waals surface area contributed by atoms with Gasteiger partial charge in [-0.1, -0.05) is 0 Å². The average molecular weight is 438 g/mol. The average Bonchev–Trinajstić information content (AvgIpc) is 3.05. The zero-order valence-electron chi connectivity index (χ0n) is 13.1. The van der Waals surface area contributed by atoms with Gasteiger partial charge in [-0.15, -0.1) is 0 Å². The molecule has 0 atom stereocenters. The molecule has 0 fully saturated rings. The van der Waals surface area contributed by atoms with Crippen LogP contribution in [0.1, 0.15) is 42.1 Å². The van der Waals surface area contributed by atoms with Crippen molar-refractivity contribution in [2.75, 3.05) is 6.61 Å². The van der Waals surface area contributed by atoms with Crippen molar-refractivity contribution in [1.29, 1.82) is 0 Å². The first-order chi connectivity index (χ1) is 11.0. The molecule has 0 saturated heterocycles. The van der Waals surface area contributed by atoms with Crippen LogP contribution in [0.15, 0.2) is 30.3 Å². The summed E-state index contributed by atoms with van der Waals surface area (Å²) >= 11 is 0.00743. The molecular formula is C18H16O3Se2. The van der Waals surface area contributed by atoms with E-state index >= 15 is 0 Å². The maximum absolute atomic E-state index is 12.7. The Hall–Kier alpha value is -1.38. The molecule has 0 aliphatic carbocycles. The van der Waals surface area contributed by atoms with Gasteiger partial charge < -0.3 is 0 Å². The number of benzene rings is 1. The predicted octanol–water partition coefficient (Wildman–Crippen LogP) is 2.98. The molecule has 23 heavy (non-hydrogen) atoms. The number of hydrogen-bond donors (Lipinski definition) is 0. The number of ketones is 1. The van der Waals surface area contributed by atoms with Gasteiger partial charge in [-0.05, 0) is 0 Å². The molecule has 0 spiro atoms. The van der Waals surface area contributed by atoms with Crippen LogP contribution in [0.5, 0.6) is 0 Å². The number of aryl methyl sites for hydroxylation is 2. The van der Waals surface area contributed by atoms with Gasteiger partial charge in [0.2, 0.25) is 0 Å². The van der Waals surface area contributed by atoms with Crippen LogP contribution >= 0.6 is 0 Å². The van der Waals surface area contributed by atoms with Crippen LogP contribution in [0.3, 0.4) is 0 Å². The van der Waals surface area contributed by atoms with E-state index in [1.54, 1.807) is 0 Å². The van der Waals surface area contributed by atoms with Crippen LogP contribution in [0.25, 0.3) is 8.52 Å². The molecule has 0 N–H and O–H groups in total. The second-order valence-corrected chi connectivity index (χ2v) is 10.8. The van der Waals surface area contributed by atoms with Gasteiger partial charge in [0.15, 0.2) is 0 Å². The third-order valence-corrected chi connectivity index (χ3v) is 10.1.